The highest BCUT2D eigenvalue weighted by atomic mass is 16.3. The molecule has 19 heavy (non-hydrogen) atoms. The van der Waals surface area contributed by atoms with Crippen molar-refractivity contribution in [2.75, 3.05) is 0 Å². The summed E-state index contributed by atoms with van der Waals surface area (Å²) in [5, 5.41) is 10.6. The molecule has 3 atom stereocenters. The number of aliphatic hydroxyl groups is 1. The van der Waals surface area contributed by atoms with Crippen molar-refractivity contribution in [3.05, 3.63) is 46.5 Å². The molecule has 1 aliphatic rings. The summed E-state index contributed by atoms with van der Waals surface area (Å²) in [6.07, 6.45) is 5.09. The highest BCUT2D eigenvalue weighted by molar-refractivity contribution is 5.34. The highest BCUT2D eigenvalue weighted by Crippen LogP contribution is 2.32. The Morgan fingerprint density at radius 2 is 1.84 bits per heavy atom. The van der Waals surface area contributed by atoms with Gasteiger partial charge < -0.3 is 5.11 Å². The lowest BCUT2D eigenvalue weighted by Gasteiger charge is -2.30. The van der Waals surface area contributed by atoms with Gasteiger partial charge in [-0.3, -0.25) is 0 Å². The van der Waals surface area contributed by atoms with E-state index in [4.69, 9.17) is 0 Å². The number of rotatable bonds is 3. The summed E-state index contributed by atoms with van der Waals surface area (Å²) in [6.45, 7) is 8.73. The minimum Gasteiger partial charge on any atom is -0.392 e. The van der Waals surface area contributed by atoms with E-state index >= 15 is 0 Å². The number of aryl methyl sites for hydroxylation is 2. The number of aliphatic hydroxyl groups excluding tert-OH is 1. The molecule has 0 amide bonds. The van der Waals surface area contributed by atoms with Crippen molar-refractivity contribution in [2.24, 2.45) is 11.8 Å². The van der Waals surface area contributed by atoms with E-state index in [0.717, 1.165) is 19.3 Å². The van der Waals surface area contributed by atoms with Crippen molar-refractivity contribution in [2.45, 2.75) is 53.1 Å². The number of allylic oxidation sites excluding steroid dienone is 2. The van der Waals surface area contributed by atoms with Gasteiger partial charge in [0.25, 0.3) is 0 Å². The van der Waals surface area contributed by atoms with Gasteiger partial charge in [0.15, 0.2) is 0 Å². The Morgan fingerprint density at radius 3 is 2.42 bits per heavy atom. The molecule has 0 aliphatic heterocycles. The average Bonchev–Trinajstić information content (AvgIpc) is 2.32. The number of benzene rings is 1. The molecule has 1 heteroatoms. The monoisotopic (exact) mass is 258 g/mol. The van der Waals surface area contributed by atoms with Crippen molar-refractivity contribution in [1.29, 1.82) is 0 Å². The zero-order chi connectivity index (χ0) is 14.0. The maximum absolute atomic E-state index is 10.6. The van der Waals surface area contributed by atoms with Gasteiger partial charge in [0.05, 0.1) is 6.10 Å². The molecule has 0 saturated carbocycles. The fourth-order valence-electron chi connectivity index (χ4n) is 3.44. The molecule has 1 N–H and O–H groups in total. The van der Waals surface area contributed by atoms with Gasteiger partial charge in [0, 0.05) is 0 Å². The van der Waals surface area contributed by atoms with Crippen LogP contribution in [0.25, 0.3) is 0 Å². The van der Waals surface area contributed by atoms with Gasteiger partial charge in [-0.05, 0) is 68.6 Å². The molecule has 1 nitrogen and oxygen atoms in total. The standard InChI is InChI=1S/C18H26O/c1-12-8-13(2)10-16(9-12)18(19)11-17-14(3)6-5-7-15(17)4/h5-8,12,16,18-19H,9-11H2,1-4H3. The molecule has 104 valence electrons. The molecule has 1 aliphatic carbocycles. The molecule has 0 fully saturated rings. The van der Waals surface area contributed by atoms with E-state index in [0.29, 0.717) is 11.8 Å². The minimum atomic E-state index is -0.217. The third-order valence-corrected chi connectivity index (χ3v) is 4.43. The van der Waals surface area contributed by atoms with Crippen LogP contribution in [0.4, 0.5) is 0 Å². The van der Waals surface area contributed by atoms with Crippen LogP contribution in [0.2, 0.25) is 0 Å². The second-order valence-corrected chi connectivity index (χ2v) is 6.33. The van der Waals surface area contributed by atoms with Gasteiger partial charge in [-0.1, -0.05) is 36.8 Å². The van der Waals surface area contributed by atoms with Crippen molar-refractivity contribution in [3.63, 3.8) is 0 Å². The van der Waals surface area contributed by atoms with E-state index in [-0.39, 0.29) is 6.10 Å². The summed E-state index contributed by atoms with van der Waals surface area (Å²) in [4.78, 5) is 0. The molecule has 0 spiro atoms. The lowest BCUT2D eigenvalue weighted by Crippen LogP contribution is -2.27. The van der Waals surface area contributed by atoms with Crippen LogP contribution in [0.1, 0.15) is 43.4 Å². The van der Waals surface area contributed by atoms with Gasteiger partial charge in [-0.2, -0.15) is 0 Å². The summed E-state index contributed by atoms with van der Waals surface area (Å²) in [5.74, 6) is 1.02. The SMILES string of the molecule is CC1=CC(C)CC(C(O)Cc2c(C)cccc2C)C1. The van der Waals surface area contributed by atoms with E-state index in [1.54, 1.807) is 0 Å². The normalized spacial score (nSPS) is 25.0. The van der Waals surface area contributed by atoms with Crippen LogP contribution in [0.5, 0.6) is 0 Å². The van der Waals surface area contributed by atoms with Gasteiger partial charge in [-0.15, -0.1) is 0 Å². The summed E-state index contributed by atoms with van der Waals surface area (Å²) in [5.41, 5.74) is 5.37. The third kappa shape index (κ3) is 3.48. The van der Waals surface area contributed by atoms with Crippen molar-refractivity contribution < 1.29 is 5.11 Å². The quantitative estimate of drug-likeness (QED) is 0.806. The Kier molecular flexibility index (Phi) is 4.46. The molecule has 0 heterocycles. The molecule has 3 unspecified atom stereocenters. The number of hydrogen-bond acceptors (Lipinski definition) is 1. The first kappa shape index (κ1) is 14.3. The van der Waals surface area contributed by atoms with Crippen molar-refractivity contribution in [3.8, 4) is 0 Å². The fraction of sp³-hybridized carbons (Fsp3) is 0.556. The summed E-state index contributed by atoms with van der Waals surface area (Å²) in [6, 6.07) is 6.38. The first-order valence-electron chi connectivity index (χ1n) is 7.38. The van der Waals surface area contributed by atoms with E-state index in [1.807, 2.05) is 0 Å². The zero-order valence-corrected chi connectivity index (χ0v) is 12.6. The smallest absolute Gasteiger partial charge is 0.0612 e. The maximum atomic E-state index is 10.6. The first-order chi connectivity index (χ1) is 8.97. The molecule has 2 rings (SSSR count). The Morgan fingerprint density at radius 1 is 1.21 bits per heavy atom. The molecule has 0 radical (unpaired) electrons. The van der Waals surface area contributed by atoms with E-state index in [1.165, 1.54) is 22.3 Å². The Balaban J connectivity index is 2.09. The molecular weight excluding hydrogens is 232 g/mol. The largest absolute Gasteiger partial charge is 0.392 e. The molecule has 1 aromatic rings. The Bertz CT molecular complexity index is 452. The molecule has 0 aromatic heterocycles. The molecular formula is C18H26O. The van der Waals surface area contributed by atoms with Gasteiger partial charge >= 0.3 is 0 Å². The van der Waals surface area contributed by atoms with Crippen LogP contribution in [0.3, 0.4) is 0 Å². The van der Waals surface area contributed by atoms with Gasteiger partial charge in [0.2, 0.25) is 0 Å². The van der Waals surface area contributed by atoms with Crippen LogP contribution in [0.15, 0.2) is 29.8 Å². The fourth-order valence-corrected chi connectivity index (χ4v) is 3.44. The van der Waals surface area contributed by atoms with Crippen LogP contribution < -0.4 is 0 Å². The van der Waals surface area contributed by atoms with Crippen molar-refractivity contribution >= 4 is 0 Å². The second-order valence-electron chi connectivity index (χ2n) is 6.33. The van der Waals surface area contributed by atoms with Crippen LogP contribution >= 0.6 is 0 Å². The van der Waals surface area contributed by atoms with Gasteiger partial charge in [0.1, 0.15) is 0 Å². The van der Waals surface area contributed by atoms with E-state index in [9.17, 15) is 5.11 Å². The van der Waals surface area contributed by atoms with Crippen LogP contribution in [0, 0.1) is 25.7 Å². The topological polar surface area (TPSA) is 20.2 Å². The van der Waals surface area contributed by atoms with E-state index < -0.39 is 0 Å². The summed E-state index contributed by atoms with van der Waals surface area (Å²) in [7, 11) is 0. The van der Waals surface area contributed by atoms with Crippen LogP contribution in [-0.4, -0.2) is 11.2 Å². The summed E-state index contributed by atoms with van der Waals surface area (Å²) < 4.78 is 0. The predicted molar refractivity (Wildman–Crippen MR) is 81.3 cm³/mol. The van der Waals surface area contributed by atoms with Gasteiger partial charge in [-0.25, -0.2) is 0 Å². The third-order valence-electron chi connectivity index (χ3n) is 4.43. The Labute approximate surface area is 117 Å². The number of hydrogen-bond donors (Lipinski definition) is 1. The predicted octanol–water partition coefficient (Wildman–Crippen LogP) is 4.20. The lowest BCUT2D eigenvalue weighted by molar-refractivity contribution is 0.0929. The summed E-state index contributed by atoms with van der Waals surface area (Å²) >= 11 is 0. The first-order valence-corrected chi connectivity index (χ1v) is 7.38. The zero-order valence-electron chi connectivity index (χ0n) is 12.6. The minimum absolute atomic E-state index is 0.217. The molecule has 0 bridgehead atoms. The molecule has 1 aromatic carbocycles. The maximum Gasteiger partial charge on any atom is 0.0612 e. The van der Waals surface area contributed by atoms with Crippen molar-refractivity contribution in [1.82, 2.24) is 0 Å². The Hall–Kier alpha value is -1.08. The highest BCUT2D eigenvalue weighted by Gasteiger charge is 2.25. The average molecular weight is 258 g/mol. The van der Waals surface area contributed by atoms with E-state index in [2.05, 4.69) is 52.0 Å². The second kappa shape index (κ2) is 5.92. The van der Waals surface area contributed by atoms with Crippen LogP contribution in [-0.2, 0) is 6.42 Å². The lowest BCUT2D eigenvalue weighted by atomic mass is 9.78. The molecule has 0 saturated heterocycles.